The van der Waals surface area contributed by atoms with Crippen molar-refractivity contribution in [2.75, 3.05) is 18.5 Å². The van der Waals surface area contributed by atoms with Crippen molar-refractivity contribution in [2.24, 2.45) is 5.73 Å². The van der Waals surface area contributed by atoms with Gasteiger partial charge in [0.05, 0.1) is 16.8 Å². The third kappa shape index (κ3) is 3.10. The van der Waals surface area contributed by atoms with E-state index in [0.717, 1.165) is 21.1 Å². The fourth-order valence-electron chi connectivity index (χ4n) is 1.53. The second-order valence-electron chi connectivity index (χ2n) is 3.72. The molecule has 96 valence electrons. The molecule has 1 heterocycles. The van der Waals surface area contributed by atoms with Gasteiger partial charge in [-0.05, 0) is 25.1 Å². The Morgan fingerprint density at radius 2 is 2.39 bits per heavy atom. The number of benzene rings is 1. The summed E-state index contributed by atoms with van der Waals surface area (Å²) in [7, 11) is 0. The first-order valence-electron chi connectivity index (χ1n) is 5.74. The molecule has 0 aliphatic rings. The topological polar surface area (TPSA) is 77.2 Å². The molecule has 0 bridgehead atoms. The predicted octanol–water partition coefficient (Wildman–Crippen LogP) is 1.98. The first kappa shape index (κ1) is 12.6. The molecule has 0 aliphatic heterocycles. The molecule has 5 nitrogen and oxygen atoms in total. The molecule has 0 atom stereocenters. The van der Waals surface area contributed by atoms with E-state index in [-0.39, 0.29) is 5.91 Å². The number of primary amides is 1. The van der Waals surface area contributed by atoms with Gasteiger partial charge in [0, 0.05) is 13.0 Å². The number of aromatic nitrogens is 1. The molecule has 0 unspecified atom stereocenters. The molecule has 18 heavy (non-hydrogen) atoms. The summed E-state index contributed by atoms with van der Waals surface area (Å²) in [5.41, 5.74) is 5.99. The van der Waals surface area contributed by atoms with Crippen LogP contribution < -0.4 is 15.8 Å². The van der Waals surface area contributed by atoms with Crippen LogP contribution in [0.1, 0.15) is 13.3 Å². The molecular formula is C12H15N3O2S. The van der Waals surface area contributed by atoms with Crippen molar-refractivity contribution in [2.45, 2.75) is 13.3 Å². The van der Waals surface area contributed by atoms with Crippen LogP contribution in [0, 0.1) is 0 Å². The number of nitrogens with two attached hydrogens (primary N) is 1. The maximum atomic E-state index is 10.6. The van der Waals surface area contributed by atoms with E-state index in [0.29, 0.717) is 19.6 Å². The minimum atomic E-state index is -0.317. The van der Waals surface area contributed by atoms with E-state index in [2.05, 4.69) is 10.3 Å². The zero-order valence-corrected chi connectivity index (χ0v) is 10.9. The summed E-state index contributed by atoms with van der Waals surface area (Å²) in [5, 5.41) is 3.87. The van der Waals surface area contributed by atoms with E-state index in [9.17, 15) is 4.79 Å². The molecule has 0 saturated carbocycles. The lowest BCUT2D eigenvalue weighted by molar-refractivity contribution is -0.117. The first-order valence-corrected chi connectivity index (χ1v) is 6.56. The number of nitrogens with zero attached hydrogens (tertiary/aromatic N) is 1. The van der Waals surface area contributed by atoms with Crippen molar-refractivity contribution in [3.05, 3.63) is 18.2 Å². The lowest BCUT2D eigenvalue weighted by Crippen LogP contribution is -2.15. The normalized spacial score (nSPS) is 10.5. The van der Waals surface area contributed by atoms with Crippen molar-refractivity contribution >= 4 is 32.6 Å². The monoisotopic (exact) mass is 265 g/mol. The van der Waals surface area contributed by atoms with Gasteiger partial charge < -0.3 is 15.8 Å². The molecule has 6 heteroatoms. The summed E-state index contributed by atoms with van der Waals surface area (Å²) in [6.07, 6.45) is 0.306. The van der Waals surface area contributed by atoms with Gasteiger partial charge in [-0.15, -0.1) is 0 Å². The predicted molar refractivity (Wildman–Crippen MR) is 73.1 cm³/mol. The number of amides is 1. The Balaban J connectivity index is 2.09. The summed E-state index contributed by atoms with van der Waals surface area (Å²) in [5.74, 6) is 0.527. The van der Waals surface area contributed by atoms with Gasteiger partial charge in [-0.2, -0.15) is 0 Å². The highest BCUT2D eigenvalue weighted by Gasteiger charge is 2.05. The van der Waals surface area contributed by atoms with E-state index in [1.165, 1.54) is 11.3 Å². The smallest absolute Gasteiger partial charge is 0.219 e. The number of carbonyl (C=O) groups excluding carboxylic acids is 1. The largest absolute Gasteiger partial charge is 0.494 e. The zero-order chi connectivity index (χ0) is 13.0. The molecule has 0 spiro atoms. The summed E-state index contributed by atoms with van der Waals surface area (Å²) >= 11 is 1.53. The number of fused-ring (bicyclic) bond motifs is 1. The SMILES string of the molecule is CCOc1ccc2nc(NCCC(N)=O)sc2c1. The molecule has 2 rings (SSSR count). The molecule has 0 aliphatic carbocycles. The Morgan fingerprint density at radius 1 is 1.56 bits per heavy atom. The molecule has 1 amide bonds. The fourth-order valence-corrected chi connectivity index (χ4v) is 2.45. The fraction of sp³-hybridized carbons (Fsp3) is 0.333. The molecule has 0 fully saturated rings. The van der Waals surface area contributed by atoms with Gasteiger partial charge in [-0.3, -0.25) is 4.79 Å². The van der Waals surface area contributed by atoms with Crippen LogP contribution in [-0.4, -0.2) is 24.0 Å². The highest BCUT2D eigenvalue weighted by atomic mass is 32.1. The number of anilines is 1. The quantitative estimate of drug-likeness (QED) is 0.837. The summed E-state index contributed by atoms with van der Waals surface area (Å²) in [6, 6.07) is 5.80. The average molecular weight is 265 g/mol. The van der Waals surface area contributed by atoms with Crippen molar-refractivity contribution in [1.29, 1.82) is 0 Å². The average Bonchev–Trinajstić information content (AvgIpc) is 2.71. The Hall–Kier alpha value is -1.82. The van der Waals surface area contributed by atoms with E-state index >= 15 is 0 Å². The van der Waals surface area contributed by atoms with E-state index in [1.54, 1.807) is 0 Å². The van der Waals surface area contributed by atoms with E-state index < -0.39 is 0 Å². The lowest BCUT2D eigenvalue weighted by atomic mass is 10.3. The van der Waals surface area contributed by atoms with Crippen LogP contribution in [-0.2, 0) is 4.79 Å². The van der Waals surface area contributed by atoms with Crippen LogP contribution in [0.15, 0.2) is 18.2 Å². The zero-order valence-electron chi connectivity index (χ0n) is 10.1. The van der Waals surface area contributed by atoms with Crippen molar-refractivity contribution in [3.8, 4) is 5.75 Å². The van der Waals surface area contributed by atoms with E-state index in [1.807, 2.05) is 25.1 Å². The Kier molecular flexibility index (Phi) is 3.99. The number of hydrogen-bond acceptors (Lipinski definition) is 5. The van der Waals surface area contributed by atoms with Gasteiger partial charge in [0.15, 0.2) is 5.13 Å². The van der Waals surface area contributed by atoms with Crippen molar-refractivity contribution < 1.29 is 9.53 Å². The van der Waals surface area contributed by atoms with Crippen molar-refractivity contribution in [1.82, 2.24) is 4.98 Å². The third-order valence-electron chi connectivity index (χ3n) is 2.32. The van der Waals surface area contributed by atoms with Crippen LogP contribution in [0.3, 0.4) is 0 Å². The highest BCUT2D eigenvalue weighted by molar-refractivity contribution is 7.22. The van der Waals surface area contributed by atoms with Crippen LogP contribution >= 0.6 is 11.3 Å². The van der Waals surface area contributed by atoms with Gasteiger partial charge >= 0.3 is 0 Å². The molecular weight excluding hydrogens is 250 g/mol. The molecule has 2 aromatic rings. The van der Waals surface area contributed by atoms with Crippen LogP contribution in [0.25, 0.3) is 10.2 Å². The molecule has 1 aromatic heterocycles. The maximum Gasteiger partial charge on any atom is 0.219 e. The summed E-state index contributed by atoms with van der Waals surface area (Å²) in [4.78, 5) is 15.0. The van der Waals surface area contributed by atoms with Gasteiger partial charge in [0.25, 0.3) is 0 Å². The lowest BCUT2D eigenvalue weighted by Gasteiger charge is -2.00. The Bertz CT molecular complexity index is 553. The highest BCUT2D eigenvalue weighted by Crippen LogP contribution is 2.29. The van der Waals surface area contributed by atoms with Gasteiger partial charge in [-0.1, -0.05) is 11.3 Å². The third-order valence-corrected chi connectivity index (χ3v) is 3.29. The molecule has 3 N–H and O–H groups in total. The molecule has 0 radical (unpaired) electrons. The van der Waals surface area contributed by atoms with Crippen LogP contribution in [0.2, 0.25) is 0 Å². The van der Waals surface area contributed by atoms with Gasteiger partial charge in [0.2, 0.25) is 5.91 Å². The number of ether oxygens (including phenoxy) is 1. The molecule has 1 aromatic carbocycles. The minimum Gasteiger partial charge on any atom is -0.494 e. The standard InChI is InChI=1S/C12H15N3O2S/c1-2-17-8-3-4-9-10(7-8)18-12(15-9)14-6-5-11(13)16/h3-4,7H,2,5-6H2,1H3,(H2,13,16)(H,14,15). The Morgan fingerprint density at radius 3 is 3.11 bits per heavy atom. The molecule has 0 saturated heterocycles. The number of nitrogens with one attached hydrogen (secondary N) is 1. The number of hydrogen-bond donors (Lipinski definition) is 2. The van der Waals surface area contributed by atoms with Crippen molar-refractivity contribution in [3.63, 3.8) is 0 Å². The number of carbonyl (C=O) groups is 1. The Labute approximate surface area is 109 Å². The van der Waals surface area contributed by atoms with Gasteiger partial charge in [-0.25, -0.2) is 4.98 Å². The van der Waals surface area contributed by atoms with Gasteiger partial charge in [0.1, 0.15) is 5.75 Å². The number of thiazole rings is 1. The summed E-state index contributed by atoms with van der Waals surface area (Å²) in [6.45, 7) is 3.11. The number of rotatable bonds is 6. The second-order valence-corrected chi connectivity index (χ2v) is 4.76. The van der Waals surface area contributed by atoms with Crippen LogP contribution in [0.4, 0.5) is 5.13 Å². The second kappa shape index (κ2) is 5.68. The van der Waals surface area contributed by atoms with E-state index in [4.69, 9.17) is 10.5 Å². The summed E-state index contributed by atoms with van der Waals surface area (Å²) < 4.78 is 6.49. The maximum absolute atomic E-state index is 10.6. The first-order chi connectivity index (χ1) is 8.69. The van der Waals surface area contributed by atoms with Crippen LogP contribution in [0.5, 0.6) is 5.75 Å². The minimum absolute atomic E-state index is 0.306.